The summed E-state index contributed by atoms with van der Waals surface area (Å²) in [5.41, 5.74) is 10.2. The smallest absolute Gasteiger partial charge is 0.205 e. The summed E-state index contributed by atoms with van der Waals surface area (Å²) in [4.78, 5) is 4.43. The first-order valence-corrected chi connectivity index (χ1v) is 7.17. The Morgan fingerprint density at radius 3 is 2.62 bits per heavy atom. The molecular formula is C17H19N3O. The van der Waals surface area contributed by atoms with Crippen molar-refractivity contribution in [3.05, 3.63) is 48.0 Å². The number of nitrogen functional groups attached to an aromatic ring is 1. The fraction of sp³-hybridized carbons (Fsp3) is 0.235. The molecule has 0 saturated carbocycles. The third kappa shape index (κ3) is 2.44. The third-order valence-electron chi connectivity index (χ3n) is 3.47. The lowest BCUT2D eigenvalue weighted by atomic mass is 10.2. The van der Waals surface area contributed by atoms with Crippen LogP contribution in [0.3, 0.4) is 0 Å². The van der Waals surface area contributed by atoms with Gasteiger partial charge in [0.05, 0.1) is 17.6 Å². The molecule has 0 atom stereocenters. The summed E-state index contributed by atoms with van der Waals surface area (Å²) in [5.74, 6) is 1.38. The average Bonchev–Trinajstić information content (AvgIpc) is 2.83. The van der Waals surface area contributed by atoms with Crippen molar-refractivity contribution in [1.29, 1.82) is 0 Å². The standard InChI is InChI=1S/C17H19N3O/c1-3-11-21-14-9-7-13(8-10-14)20-16-12(2)5-4-6-15(16)19-17(20)18/h4-10H,3,11H2,1-2H3,(H2,18,19). The van der Waals surface area contributed by atoms with E-state index in [1.165, 1.54) is 0 Å². The van der Waals surface area contributed by atoms with Gasteiger partial charge in [0.1, 0.15) is 5.75 Å². The van der Waals surface area contributed by atoms with Crippen LogP contribution in [-0.2, 0) is 0 Å². The number of nitrogens with zero attached hydrogens (tertiary/aromatic N) is 2. The van der Waals surface area contributed by atoms with E-state index >= 15 is 0 Å². The van der Waals surface area contributed by atoms with Crippen LogP contribution >= 0.6 is 0 Å². The second kappa shape index (κ2) is 5.48. The minimum absolute atomic E-state index is 0.501. The van der Waals surface area contributed by atoms with Crippen molar-refractivity contribution in [1.82, 2.24) is 9.55 Å². The fourth-order valence-electron chi connectivity index (χ4n) is 2.49. The second-order valence-electron chi connectivity index (χ2n) is 5.09. The zero-order chi connectivity index (χ0) is 14.8. The number of hydrogen-bond donors (Lipinski definition) is 1. The lowest BCUT2D eigenvalue weighted by Gasteiger charge is -2.10. The molecule has 0 radical (unpaired) electrons. The molecule has 0 unspecified atom stereocenters. The molecule has 2 aromatic carbocycles. The predicted octanol–water partition coefficient (Wildman–Crippen LogP) is 3.70. The molecule has 1 heterocycles. The van der Waals surface area contributed by atoms with Crippen molar-refractivity contribution in [2.45, 2.75) is 20.3 Å². The number of rotatable bonds is 4. The number of ether oxygens (including phenoxy) is 1. The first-order chi connectivity index (χ1) is 10.2. The molecule has 4 heteroatoms. The van der Waals surface area contributed by atoms with Gasteiger partial charge in [-0.1, -0.05) is 19.1 Å². The first-order valence-electron chi connectivity index (χ1n) is 7.17. The Kier molecular flexibility index (Phi) is 3.52. The van der Waals surface area contributed by atoms with Gasteiger partial charge in [0.2, 0.25) is 5.95 Å². The van der Waals surface area contributed by atoms with E-state index in [-0.39, 0.29) is 0 Å². The van der Waals surface area contributed by atoms with Gasteiger partial charge in [0, 0.05) is 5.69 Å². The van der Waals surface area contributed by atoms with Crippen LogP contribution in [0.1, 0.15) is 18.9 Å². The van der Waals surface area contributed by atoms with Crippen molar-refractivity contribution < 1.29 is 4.74 Å². The molecule has 1 aromatic heterocycles. The SMILES string of the molecule is CCCOc1ccc(-n2c(N)nc3cccc(C)c32)cc1. The molecule has 2 N–H and O–H groups in total. The highest BCUT2D eigenvalue weighted by Gasteiger charge is 2.11. The van der Waals surface area contributed by atoms with Crippen molar-refractivity contribution in [3.63, 3.8) is 0 Å². The lowest BCUT2D eigenvalue weighted by molar-refractivity contribution is 0.317. The van der Waals surface area contributed by atoms with Gasteiger partial charge in [-0.3, -0.25) is 4.57 Å². The van der Waals surface area contributed by atoms with E-state index in [9.17, 15) is 0 Å². The molecular weight excluding hydrogens is 262 g/mol. The van der Waals surface area contributed by atoms with Crippen LogP contribution in [0.25, 0.3) is 16.7 Å². The van der Waals surface area contributed by atoms with Crippen molar-refractivity contribution >= 4 is 17.0 Å². The van der Waals surface area contributed by atoms with Crippen LogP contribution in [0.2, 0.25) is 0 Å². The number of aryl methyl sites for hydroxylation is 1. The molecule has 0 bridgehead atoms. The normalized spacial score (nSPS) is 11.0. The van der Waals surface area contributed by atoms with Gasteiger partial charge in [0.25, 0.3) is 0 Å². The average molecular weight is 281 g/mol. The van der Waals surface area contributed by atoms with E-state index in [0.717, 1.165) is 41.1 Å². The Morgan fingerprint density at radius 1 is 1.14 bits per heavy atom. The highest BCUT2D eigenvalue weighted by molar-refractivity contribution is 5.83. The van der Waals surface area contributed by atoms with Gasteiger partial charge in [-0.15, -0.1) is 0 Å². The number of aromatic nitrogens is 2. The highest BCUT2D eigenvalue weighted by Crippen LogP contribution is 2.26. The van der Waals surface area contributed by atoms with Gasteiger partial charge in [-0.25, -0.2) is 4.98 Å². The third-order valence-corrected chi connectivity index (χ3v) is 3.47. The van der Waals surface area contributed by atoms with Crippen molar-refractivity contribution in [3.8, 4) is 11.4 Å². The number of imidazole rings is 1. The maximum Gasteiger partial charge on any atom is 0.205 e. The van der Waals surface area contributed by atoms with Crippen molar-refractivity contribution in [2.75, 3.05) is 12.3 Å². The molecule has 0 amide bonds. The molecule has 3 aromatic rings. The minimum atomic E-state index is 0.501. The quantitative estimate of drug-likeness (QED) is 0.793. The van der Waals surface area contributed by atoms with E-state index in [1.54, 1.807) is 0 Å². The summed E-state index contributed by atoms with van der Waals surface area (Å²) in [6.45, 7) is 4.89. The second-order valence-corrected chi connectivity index (χ2v) is 5.09. The fourth-order valence-corrected chi connectivity index (χ4v) is 2.49. The summed E-state index contributed by atoms with van der Waals surface area (Å²) < 4.78 is 7.59. The van der Waals surface area contributed by atoms with E-state index in [0.29, 0.717) is 5.95 Å². The Bertz CT molecular complexity index is 760. The molecule has 4 nitrogen and oxygen atoms in total. The maximum atomic E-state index is 6.09. The summed E-state index contributed by atoms with van der Waals surface area (Å²) in [6.07, 6.45) is 1.00. The lowest BCUT2D eigenvalue weighted by Crippen LogP contribution is -2.01. The number of para-hydroxylation sites is 1. The maximum absolute atomic E-state index is 6.09. The summed E-state index contributed by atoms with van der Waals surface area (Å²) in [6, 6.07) is 14.0. The van der Waals surface area contributed by atoms with Crippen LogP contribution in [0.5, 0.6) is 5.75 Å². The molecule has 0 saturated heterocycles. The van der Waals surface area contributed by atoms with Crippen LogP contribution in [0.4, 0.5) is 5.95 Å². The molecule has 0 aliphatic heterocycles. The summed E-state index contributed by atoms with van der Waals surface area (Å²) in [7, 11) is 0. The molecule has 21 heavy (non-hydrogen) atoms. The molecule has 0 fully saturated rings. The van der Waals surface area contributed by atoms with Crippen LogP contribution in [0, 0.1) is 6.92 Å². The zero-order valence-corrected chi connectivity index (χ0v) is 12.3. The van der Waals surface area contributed by atoms with Crippen LogP contribution < -0.4 is 10.5 Å². The largest absolute Gasteiger partial charge is 0.494 e. The van der Waals surface area contributed by atoms with Gasteiger partial charge >= 0.3 is 0 Å². The Morgan fingerprint density at radius 2 is 1.90 bits per heavy atom. The monoisotopic (exact) mass is 281 g/mol. The summed E-state index contributed by atoms with van der Waals surface area (Å²) >= 11 is 0. The molecule has 0 aliphatic carbocycles. The molecule has 3 rings (SSSR count). The van der Waals surface area contributed by atoms with Gasteiger partial charge in [0.15, 0.2) is 0 Å². The van der Waals surface area contributed by atoms with E-state index < -0.39 is 0 Å². The van der Waals surface area contributed by atoms with Gasteiger partial charge in [-0.05, 0) is 49.2 Å². The summed E-state index contributed by atoms with van der Waals surface area (Å²) in [5, 5.41) is 0. The molecule has 108 valence electrons. The number of nitrogens with two attached hydrogens (primary N) is 1. The van der Waals surface area contributed by atoms with E-state index in [2.05, 4.69) is 24.9 Å². The van der Waals surface area contributed by atoms with E-state index in [1.807, 2.05) is 41.0 Å². The van der Waals surface area contributed by atoms with Gasteiger partial charge in [-0.2, -0.15) is 0 Å². The minimum Gasteiger partial charge on any atom is -0.494 e. The van der Waals surface area contributed by atoms with Gasteiger partial charge < -0.3 is 10.5 Å². The number of anilines is 1. The Hall–Kier alpha value is -2.49. The van der Waals surface area contributed by atoms with Crippen LogP contribution in [0.15, 0.2) is 42.5 Å². The van der Waals surface area contributed by atoms with E-state index in [4.69, 9.17) is 10.5 Å². The highest BCUT2D eigenvalue weighted by atomic mass is 16.5. The number of benzene rings is 2. The number of hydrogen-bond acceptors (Lipinski definition) is 3. The Balaban J connectivity index is 2.06. The Labute approximate surface area is 124 Å². The zero-order valence-electron chi connectivity index (χ0n) is 12.3. The number of fused-ring (bicyclic) bond motifs is 1. The topological polar surface area (TPSA) is 53.1 Å². The first kappa shape index (κ1) is 13.5. The van der Waals surface area contributed by atoms with Crippen molar-refractivity contribution in [2.24, 2.45) is 0 Å². The molecule has 0 aliphatic rings. The van der Waals surface area contributed by atoms with Crippen LogP contribution in [-0.4, -0.2) is 16.2 Å². The predicted molar refractivity (Wildman–Crippen MR) is 86.0 cm³/mol. The molecule has 0 spiro atoms.